The van der Waals surface area contributed by atoms with E-state index in [1.54, 1.807) is 4.57 Å². The molecule has 0 aliphatic rings. The lowest BCUT2D eigenvalue weighted by Gasteiger charge is -2.12. The summed E-state index contributed by atoms with van der Waals surface area (Å²) in [6, 6.07) is 3.77. The first kappa shape index (κ1) is 23.7. The van der Waals surface area contributed by atoms with Gasteiger partial charge in [0.2, 0.25) is 5.91 Å². The molecule has 10 heteroatoms. The fourth-order valence-corrected chi connectivity index (χ4v) is 5.10. The summed E-state index contributed by atoms with van der Waals surface area (Å²) in [5.41, 5.74) is 1.17. The van der Waals surface area contributed by atoms with E-state index in [4.69, 9.17) is 16.3 Å². The second kappa shape index (κ2) is 10.6. The number of anilines is 1. The number of halogens is 2. The zero-order valence-electron chi connectivity index (χ0n) is 17.5. The highest BCUT2D eigenvalue weighted by molar-refractivity contribution is 7.99. The van der Waals surface area contributed by atoms with Crippen LogP contribution >= 0.6 is 34.7 Å². The van der Waals surface area contributed by atoms with Crippen LogP contribution in [0.3, 0.4) is 0 Å². The molecule has 0 fully saturated rings. The first-order valence-electron chi connectivity index (χ1n) is 9.77. The van der Waals surface area contributed by atoms with Crippen LogP contribution in [0, 0.1) is 19.7 Å². The van der Waals surface area contributed by atoms with Gasteiger partial charge in [-0.05, 0) is 51.0 Å². The number of carbonyl (C=O) groups is 1. The molecule has 0 aliphatic heterocycles. The fourth-order valence-electron chi connectivity index (χ4n) is 2.99. The fraction of sp³-hybridized carbons (Fsp3) is 0.381. The summed E-state index contributed by atoms with van der Waals surface area (Å²) in [6.07, 6.45) is 0.661. The number of nitrogens with one attached hydrogen (secondary N) is 1. The Balaban J connectivity index is 1.82. The lowest BCUT2D eigenvalue weighted by molar-refractivity contribution is -0.113. The number of thiophene rings is 1. The van der Waals surface area contributed by atoms with Crippen LogP contribution in [-0.4, -0.2) is 34.4 Å². The van der Waals surface area contributed by atoms with Gasteiger partial charge in [0.1, 0.15) is 10.6 Å². The zero-order chi connectivity index (χ0) is 22.5. The van der Waals surface area contributed by atoms with Gasteiger partial charge in [-0.1, -0.05) is 23.4 Å². The Kier molecular flexibility index (Phi) is 8.10. The van der Waals surface area contributed by atoms with Crippen molar-refractivity contribution in [1.29, 1.82) is 0 Å². The first-order valence-corrected chi connectivity index (χ1v) is 12.0. The van der Waals surface area contributed by atoms with E-state index < -0.39 is 5.82 Å². The topological polar surface area (TPSA) is 73.2 Å². The van der Waals surface area contributed by atoms with Gasteiger partial charge in [0, 0.05) is 24.6 Å². The quantitative estimate of drug-likeness (QED) is 0.262. The summed E-state index contributed by atoms with van der Waals surface area (Å²) < 4.78 is 20.2. The summed E-state index contributed by atoms with van der Waals surface area (Å²) >= 11 is 8.62. The molecule has 0 spiro atoms. The highest BCUT2D eigenvalue weighted by atomic mass is 35.5. The van der Waals surface area contributed by atoms with Crippen molar-refractivity contribution < 1.29 is 13.9 Å². The number of amides is 1. The molecule has 166 valence electrons. The van der Waals surface area contributed by atoms with Crippen molar-refractivity contribution in [2.24, 2.45) is 0 Å². The molecule has 0 aliphatic carbocycles. The average molecular weight is 484 g/mol. The normalized spacial score (nSPS) is 11.3. The van der Waals surface area contributed by atoms with Crippen molar-refractivity contribution >= 4 is 56.5 Å². The van der Waals surface area contributed by atoms with E-state index in [2.05, 4.69) is 10.3 Å². The predicted molar refractivity (Wildman–Crippen MR) is 125 cm³/mol. The molecule has 3 rings (SSSR count). The number of fused-ring (bicyclic) bond motifs is 1. The molecule has 1 N–H and O–H groups in total. The summed E-state index contributed by atoms with van der Waals surface area (Å²) in [5.74, 6) is -0.778. The van der Waals surface area contributed by atoms with Crippen molar-refractivity contribution in [3.05, 3.63) is 49.8 Å². The van der Waals surface area contributed by atoms with Gasteiger partial charge in [-0.15, -0.1) is 11.3 Å². The van der Waals surface area contributed by atoms with Gasteiger partial charge in [0.25, 0.3) is 5.56 Å². The smallest absolute Gasteiger partial charge is 0.263 e. The highest BCUT2D eigenvalue weighted by Gasteiger charge is 2.18. The Morgan fingerprint density at radius 1 is 1.39 bits per heavy atom. The molecule has 0 saturated heterocycles. The van der Waals surface area contributed by atoms with Crippen molar-refractivity contribution in [2.75, 3.05) is 24.3 Å². The summed E-state index contributed by atoms with van der Waals surface area (Å²) in [6.45, 7) is 7.41. The summed E-state index contributed by atoms with van der Waals surface area (Å²) in [7, 11) is 0. The maximum Gasteiger partial charge on any atom is 0.263 e. The number of benzene rings is 1. The van der Waals surface area contributed by atoms with Crippen molar-refractivity contribution in [1.82, 2.24) is 9.55 Å². The first-order chi connectivity index (χ1) is 14.8. The van der Waals surface area contributed by atoms with E-state index in [1.165, 1.54) is 35.2 Å². The number of thioether (sulfide) groups is 1. The van der Waals surface area contributed by atoms with Crippen molar-refractivity contribution in [3.8, 4) is 0 Å². The third kappa shape index (κ3) is 5.65. The third-order valence-corrected chi connectivity index (χ3v) is 7.06. The Morgan fingerprint density at radius 3 is 2.87 bits per heavy atom. The van der Waals surface area contributed by atoms with Crippen LogP contribution in [0.1, 0.15) is 23.8 Å². The molecule has 0 atom stereocenters. The Hall–Kier alpha value is -1.94. The van der Waals surface area contributed by atoms with E-state index in [9.17, 15) is 14.0 Å². The molecular formula is C21H23ClFN3O3S2. The maximum atomic E-state index is 13.2. The van der Waals surface area contributed by atoms with Gasteiger partial charge < -0.3 is 10.1 Å². The lowest BCUT2D eigenvalue weighted by Crippen LogP contribution is -2.25. The van der Waals surface area contributed by atoms with Crippen LogP contribution in [0.15, 0.2) is 28.2 Å². The Morgan fingerprint density at radius 2 is 2.16 bits per heavy atom. The standard InChI is InChI=1S/C21H23ClFN3O3S2/c1-4-29-9-5-8-26-20(28)18-12(2)13(3)31-19(18)25-21(26)30-11-17(27)24-16-7-6-14(23)10-15(16)22/h6-7,10H,4-5,8-9,11H2,1-3H3,(H,24,27). The number of rotatable bonds is 9. The molecule has 0 saturated carbocycles. The largest absolute Gasteiger partial charge is 0.382 e. The van der Waals surface area contributed by atoms with Gasteiger partial charge in [-0.25, -0.2) is 9.37 Å². The van der Waals surface area contributed by atoms with E-state index >= 15 is 0 Å². The minimum Gasteiger partial charge on any atom is -0.382 e. The van der Waals surface area contributed by atoms with Crippen LogP contribution in [0.5, 0.6) is 0 Å². The van der Waals surface area contributed by atoms with Crippen LogP contribution in [0.25, 0.3) is 10.2 Å². The summed E-state index contributed by atoms with van der Waals surface area (Å²) in [5, 5.41) is 3.89. The number of aryl methyl sites for hydroxylation is 2. The molecule has 0 bridgehead atoms. The zero-order valence-corrected chi connectivity index (χ0v) is 19.8. The number of hydrogen-bond donors (Lipinski definition) is 1. The number of nitrogens with zero attached hydrogens (tertiary/aromatic N) is 2. The molecule has 0 radical (unpaired) electrons. The minimum atomic E-state index is -0.479. The second-order valence-corrected chi connectivity index (χ2v) is 9.38. The van der Waals surface area contributed by atoms with Crippen LogP contribution in [0.4, 0.5) is 10.1 Å². The molecule has 3 aromatic rings. The number of ether oxygens (including phenoxy) is 1. The van der Waals surface area contributed by atoms with E-state index in [1.807, 2.05) is 20.8 Å². The SMILES string of the molecule is CCOCCCn1c(SCC(=O)Nc2ccc(F)cc2Cl)nc2sc(C)c(C)c2c1=O. The van der Waals surface area contributed by atoms with Gasteiger partial charge in [-0.2, -0.15) is 0 Å². The Bertz CT molecular complexity index is 1160. The third-order valence-electron chi connectivity index (χ3n) is 4.67. The van der Waals surface area contributed by atoms with Gasteiger partial charge in [0.05, 0.1) is 21.8 Å². The molecule has 1 amide bonds. The van der Waals surface area contributed by atoms with Crippen LogP contribution in [-0.2, 0) is 16.1 Å². The summed E-state index contributed by atoms with van der Waals surface area (Å²) in [4.78, 5) is 32.0. The van der Waals surface area contributed by atoms with E-state index in [-0.39, 0.29) is 22.2 Å². The monoisotopic (exact) mass is 483 g/mol. The second-order valence-electron chi connectivity index (χ2n) is 6.83. The molecular weight excluding hydrogens is 461 g/mol. The number of aromatic nitrogens is 2. The molecule has 2 heterocycles. The van der Waals surface area contributed by atoms with Gasteiger partial charge in [-0.3, -0.25) is 14.2 Å². The number of carbonyl (C=O) groups excluding carboxylic acids is 1. The molecule has 31 heavy (non-hydrogen) atoms. The molecule has 0 unspecified atom stereocenters. The van der Waals surface area contributed by atoms with Crippen LogP contribution < -0.4 is 10.9 Å². The van der Waals surface area contributed by atoms with E-state index in [0.29, 0.717) is 47.2 Å². The molecule has 1 aromatic carbocycles. The van der Waals surface area contributed by atoms with Crippen molar-refractivity contribution in [3.63, 3.8) is 0 Å². The minimum absolute atomic E-state index is 0.0282. The van der Waals surface area contributed by atoms with Gasteiger partial charge >= 0.3 is 0 Å². The number of hydrogen-bond acceptors (Lipinski definition) is 6. The molecule has 2 aromatic heterocycles. The lowest BCUT2D eigenvalue weighted by atomic mass is 10.2. The van der Waals surface area contributed by atoms with E-state index in [0.717, 1.165) is 16.5 Å². The van der Waals surface area contributed by atoms with Crippen LogP contribution in [0.2, 0.25) is 5.02 Å². The molecule has 6 nitrogen and oxygen atoms in total. The van der Waals surface area contributed by atoms with Gasteiger partial charge in [0.15, 0.2) is 5.16 Å². The highest BCUT2D eigenvalue weighted by Crippen LogP contribution is 2.29. The predicted octanol–water partition coefficient (Wildman–Crippen LogP) is 5.02. The average Bonchev–Trinajstić information content (AvgIpc) is 3.01. The van der Waals surface area contributed by atoms with Crippen molar-refractivity contribution in [2.45, 2.75) is 38.9 Å². The Labute approximate surface area is 192 Å². The maximum absolute atomic E-state index is 13.2.